The first-order valence-electron chi connectivity index (χ1n) is 13.5. The van der Waals surface area contributed by atoms with Crippen LogP contribution in [0.5, 0.6) is 0 Å². The molecule has 0 radical (unpaired) electrons. The molecule has 1 unspecified atom stereocenters. The van der Waals surface area contributed by atoms with E-state index in [-0.39, 0.29) is 36.7 Å². The van der Waals surface area contributed by atoms with E-state index in [1.165, 1.54) is 0 Å². The molecule has 41 heavy (non-hydrogen) atoms. The third kappa shape index (κ3) is 8.26. The number of aliphatic hydroxyl groups excluding tert-OH is 1. The van der Waals surface area contributed by atoms with Crippen molar-refractivity contribution in [3.05, 3.63) is 102 Å². The summed E-state index contributed by atoms with van der Waals surface area (Å²) >= 11 is 4.22. The zero-order valence-corrected chi connectivity index (χ0v) is 23.6. The Morgan fingerprint density at radius 2 is 1.85 bits per heavy atom. The van der Waals surface area contributed by atoms with E-state index in [0.29, 0.717) is 17.9 Å². The molecule has 1 aliphatic heterocycles. The number of hydrogen-bond acceptors (Lipinski definition) is 8. The number of cyclic esters (lactones) is 1. The van der Waals surface area contributed by atoms with Crippen LogP contribution in [0, 0.1) is 0 Å². The van der Waals surface area contributed by atoms with E-state index in [2.05, 4.69) is 33.6 Å². The molecule has 0 saturated carbocycles. The zero-order valence-electron chi connectivity index (χ0n) is 22.7. The van der Waals surface area contributed by atoms with Crippen molar-refractivity contribution in [2.45, 2.75) is 51.1 Å². The van der Waals surface area contributed by atoms with Crippen LogP contribution in [0.1, 0.15) is 41.5 Å². The molecule has 0 saturated heterocycles. The standard InChI is InChI=1S/C31H34N4O5S/c1-2-25-29(37)35-27(17-21-11-7-10-20-9-3-4-14-24(20)21)31(39)40-23(13-5-6-16-41)18-28(36)32-19-22-12-8-15-26(33-22)30(38)34-25/h2-5,7-15,23,27,29,35,37,41H,6,16-19H2,1H3,(H,32,36)(H,34,38)/b13-5+,25-2-/t23-,27+,29?/m1/s1. The summed E-state index contributed by atoms with van der Waals surface area (Å²) in [6, 6.07) is 17.5. The van der Waals surface area contributed by atoms with Gasteiger partial charge in [-0.05, 0) is 60.1 Å². The topological polar surface area (TPSA) is 130 Å². The number of esters is 1. The van der Waals surface area contributed by atoms with Crippen LogP contribution in [-0.2, 0) is 27.3 Å². The smallest absolute Gasteiger partial charge is 0.324 e. The molecular weight excluding hydrogens is 540 g/mol. The minimum absolute atomic E-state index is 0.0886. The van der Waals surface area contributed by atoms with Crippen LogP contribution in [0.2, 0.25) is 0 Å². The van der Waals surface area contributed by atoms with Crippen molar-refractivity contribution in [1.29, 1.82) is 0 Å². The van der Waals surface area contributed by atoms with E-state index in [9.17, 15) is 19.5 Å². The maximum atomic E-state index is 13.6. The number of thiol groups is 1. The van der Waals surface area contributed by atoms with Gasteiger partial charge in [0.05, 0.1) is 24.4 Å². The highest BCUT2D eigenvalue weighted by molar-refractivity contribution is 7.80. The maximum Gasteiger partial charge on any atom is 0.324 e. The molecule has 0 spiro atoms. The minimum atomic E-state index is -1.41. The summed E-state index contributed by atoms with van der Waals surface area (Å²) in [5.74, 6) is -0.939. The van der Waals surface area contributed by atoms with Crippen molar-refractivity contribution in [2.75, 3.05) is 5.75 Å². The number of allylic oxidation sites excluding steroid dienone is 2. The monoisotopic (exact) mass is 574 g/mol. The van der Waals surface area contributed by atoms with Crippen LogP contribution in [0.15, 0.2) is 84.6 Å². The Morgan fingerprint density at radius 1 is 1.07 bits per heavy atom. The molecule has 2 heterocycles. The molecule has 214 valence electrons. The predicted molar refractivity (Wildman–Crippen MR) is 160 cm³/mol. The summed E-state index contributed by atoms with van der Waals surface area (Å²) in [4.78, 5) is 43.8. The zero-order chi connectivity index (χ0) is 29.2. The number of fused-ring (bicyclic) bond motifs is 3. The normalized spacial score (nSPS) is 22.0. The van der Waals surface area contributed by atoms with Crippen molar-refractivity contribution >= 4 is 41.2 Å². The lowest BCUT2D eigenvalue weighted by Crippen LogP contribution is -2.49. The van der Waals surface area contributed by atoms with Gasteiger partial charge in [-0.25, -0.2) is 4.98 Å². The van der Waals surface area contributed by atoms with E-state index in [4.69, 9.17) is 4.74 Å². The number of amides is 2. The van der Waals surface area contributed by atoms with Crippen molar-refractivity contribution in [1.82, 2.24) is 20.9 Å². The van der Waals surface area contributed by atoms with Gasteiger partial charge in [0.1, 0.15) is 24.1 Å². The number of ether oxygens (including phenoxy) is 1. The molecule has 3 atom stereocenters. The molecule has 4 N–H and O–H groups in total. The molecule has 2 aromatic carbocycles. The Morgan fingerprint density at radius 3 is 2.66 bits per heavy atom. The van der Waals surface area contributed by atoms with Crippen molar-refractivity contribution in [3.63, 3.8) is 0 Å². The second kappa shape index (κ2) is 14.6. The van der Waals surface area contributed by atoms with Gasteiger partial charge in [0.25, 0.3) is 5.91 Å². The molecule has 9 nitrogen and oxygen atoms in total. The predicted octanol–water partition coefficient (Wildman–Crippen LogP) is 3.20. The molecule has 0 aliphatic carbocycles. The van der Waals surface area contributed by atoms with E-state index < -0.39 is 30.3 Å². The molecule has 10 heteroatoms. The Bertz CT molecular complexity index is 1450. The summed E-state index contributed by atoms with van der Waals surface area (Å²) in [5, 5.41) is 21.5. The van der Waals surface area contributed by atoms with Crippen molar-refractivity contribution in [3.8, 4) is 0 Å². The lowest BCUT2D eigenvalue weighted by molar-refractivity contribution is -0.151. The summed E-state index contributed by atoms with van der Waals surface area (Å²) < 4.78 is 5.84. The number of aliphatic hydroxyl groups is 1. The van der Waals surface area contributed by atoms with Gasteiger partial charge in [0.2, 0.25) is 5.91 Å². The number of pyridine rings is 1. The van der Waals surface area contributed by atoms with Crippen molar-refractivity contribution in [2.24, 2.45) is 0 Å². The molecule has 2 bridgehead atoms. The van der Waals surface area contributed by atoms with Crippen LogP contribution in [0.25, 0.3) is 10.8 Å². The van der Waals surface area contributed by atoms with Crippen LogP contribution >= 0.6 is 12.6 Å². The number of nitrogens with one attached hydrogen (secondary N) is 3. The average molecular weight is 575 g/mol. The first-order chi connectivity index (χ1) is 19.9. The van der Waals surface area contributed by atoms with Crippen LogP contribution in [-0.4, -0.2) is 52.0 Å². The summed E-state index contributed by atoms with van der Waals surface area (Å²) in [6.45, 7) is 1.75. The lowest BCUT2D eigenvalue weighted by atomic mass is 9.98. The quantitative estimate of drug-likeness (QED) is 0.180. The maximum absolute atomic E-state index is 13.6. The number of hydrogen-bond donors (Lipinski definition) is 5. The van der Waals surface area contributed by atoms with E-state index >= 15 is 0 Å². The largest absolute Gasteiger partial charge is 0.456 e. The Labute approximate surface area is 244 Å². The van der Waals surface area contributed by atoms with Gasteiger partial charge < -0.3 is 20.5 Å². The molecule has 1 aliphatic rings. The minimum Gasteiger partial charge on any atom is -0.456 e. The summed E-state index contributed by atoms with van der Waals surface area (Å²) in [7, 11) is 0. The van der Waals surface area contributed by atoms with Crippen LogP contribution in [0.4, 0.5) is 0 Å². The van der Waals surface area contributed by atoms with Gasteiger partial charge >= 0.3 is 5.97 Å². The highest BCUT2D eigenvalue weighted by atomic mass is 32.1. The van der Waals surface area contributed by atoms with E-state index in [1.54, 1.807) is 37.3 Å². The fourth-order valence-electron chi connectivity index (χ4n) is 4.53. The van der Waals surface area contributed by atoms with E-state index in [0.717, 1.165) is 16.3 Å². The molecule has 1 aromatic heterocycles. The number of rotatable bonds is 5. The number of carbonyl (C=O) groups excluding carboxylic acids is 3. The molecule has 3 aromatic rings. The van der Waals surface area contributed by atoms with E-state index in [1.807, 2.05) is 48.5 Å². The fourth-order valence-corrected chi connectivity index (χ4v) is 4.68. The van der Waals surface area contributed by atoms with Crippen molar-refractivity contribution < 1.29 is 24.2 Å². The lowest BCUT2D eigenvalue weighted by Gasteiger charge is -2.26. The molecule has 4 rings (SSSR count). The molecular formula is C31H34N4O5S. The molecule has 0 fully saturated rings. The second-order valence-corrected chi connectivity index (χ2v) is 10.0. The number of benzene rings is 2. The second-order valence-electron chi connectivity index (χ2n) is 9.57. The van der Waals surface area contributed by atoms with Crippen LogP contribution < -0.4 is 16.0 Å². The molecule has 2 amide bonds. The van der Waals surface area contributed by atoms with Gasteiger partial charge in [-0.1, -0.05) is 60.7 Å². The highest BCUT2D eigenvalue weighted by Gasteiger charge is 2.29. The van der Waals surface area contributed by atoms with Gasteiger partial charge in [0, 0.05) is 0 Å². The highest BCUT2D eigenvalue weighted by Crippen LogP contribution is 2.21. The summed E-state index contributed by atoms with van der Waals surface area (Å²) in [6.07, 6.45) is 3.50. The fraction of sp³-hybridized carbons (Fsp3) is 0.290. The first kappa shape index (κ1) is 30.0. The third-order valence-corrected chi connectivity index (χ3v) is 6.88. The summed E-state index contributed by atoms with van der Waals surface area (Å²) in [5.41, 5.74) is 1.62. The average Bonchev–Trinajstić information content (AvgIpc) is 2.98. The number of carbonyl (C=O) groups is 3. The number of nitrogens with zero attached hydrogens (tertiary/aromatic N) is 1. The third-order valence-electron chi connectivity index (χ3n) is 6.62. The van der Waals surface area contributed by atoms with Gasteiger partial charge in [-0.2, -0.15) is 12.6 Å². The van der Waals surface area contributed by atoms with Gasteiger partial charge in [0.15, 0.2) is 0 Å². The van der Waals surface area contributed by atoms with Gasteiger partial charge in [-0.15, -0.1) is 0 Å². The Kier molecular flexibility index (Phi) is 10.7. The van der Waals surface area contributed by atoms with Crippen LogP contribution in [0.3, 0.4) is 0 Å². The van der Waals surface area contributed by atoms with Gasteiger partial charge in [-0.3, -0.25) is 19.7 Å². The Balaban J connectivity index is 1.69. The first-order valence-corrected chi connectivity index (χ1v) is 14.1. The SMILES string of the molecule is C/C=C1\NC(=O)c2cccc(n2)CNC(=O)C[C@@H](/C=C/CCS)OC(=O)[C@H](Cc2cccc3ccccc23)NC1O. The Hall–Kier alpha value is -3.99. The number of aromatic nitrogens is 1.